The highest BCUT2D eigenvalue weighted by Gasteiger charge is 2.07. The summed E-state index contributed by atoms with van der Waals surface area (Å²) in [5.74, 6) is 0.352. The summed E-state index contributed by atoms with van der Waals surface area (Å²) in [5, 5.41) is 17.2. The van der Waals surface area contributed by atoms with E-state index in [9.17, 15) is 9.90 Å². The molecule has 2 aromatic carbocycles. The summed E-state index contributed by atoms with van der Waals surface area (Å²) in [6.45, 7) is 3.01. The van der Waals surface area contributed by atoms with Crippen LogP contribution in [0.4, 0.5) is 5.69 Å². The Labute approximate surface area is 159 Å². The number of phenolic OH excluding ortho intramolecular Hbond substituents is 1. The first-order chi connectivity index (χ1) is 13.1. The summed E-state index contributed by atoms with van der Waals surface area (Å²) >= 11 is 0. The van der Waals surface area contributed by atoms with Gasteiger partial charge >= 0.3 is 0 Å². The molecule has 142 valence electrons. The van der Waals surface area contributed by atoms with Crippen LogP contribution in [0, 0.1) is 0 Å². The molecule has 0 aliphatic heterocycles. The maximum atomic E-state index is 12.0. The topological polar surface area (TPSA) is 77.2 Å². The van der Waals surface area contributed by atoms with Crippen LogP contribution in [0.15, 0.2) is 54.7 Å². The van der Waals surface area contributed by atoms with Gasteiger partial charge in [-0.25, -0.2) is 0 Å². The quantitative estimate of drug-likeness (QED) is 0.459. The van der Waals surface area contributed by atoms with Gasteiger partial charge in [-0.3, -0.25) is 4.79 Å². The first-order valence-electron chi connectivity index (χ1n) is 9.49. The number of H-pyrrole nitrogens is 1. The van der Waals surface area contributed by atoms with E-state index in [-0.39, 0.29) is 5.91 Å². The van der Waals surface area contributed by atoms with E-state index >= 15 is 0 Å². The van der Waals surface area contributed by atoms with Gasteiger partial charge in [0.2, 0.25) is 5.91 Å². The average molecular weight is 365 g/mol. The zero-order valence-corrected chi connectivity index (χ0v) is 15.7. The third kappa shape index (κ3) is 5.59. The Morgan fingerprint density at radius 1 is 1.19 bits per heavy atom. The molecule has 5 nitrogen and oxygen atoms in total. The number of aromatic amines is 1. The number of hydrogen-bond donors (Lipinski definition) is 4. The van der Waals surface area contributed by atoms with E-state index < -0.39 is 0 Å². The average Bonchev–Trinajstić information content (AvgIpc) is 3.05. The number of nitrogens with one attached hydrogen (secondary N) is 3. The Morgan fingerprint density at radius 3 is 2.81 bits per heavy atom. The molecule has 0 bridgehead atoms. The Bertz CT molecular complexity index is 874. The van der Waals surface area contributed by atoms with Gasteiger partial charge in [0, 0.05) is 35.2 Å². The number of aromatic hydroxyl groups is 1. The number of aromatic nitrogens is 1. The predicted molar refractivity (Wildman–Crippen MR) is 110 cm³/mol. The summed E-state index contributed by atoms with van der Waals surface area (Å²) in [6, 6.07) is 15.3. The number of carbonyl (C=O) groups excluding carboxylic acids is 1. The van der Waals surface area contributed by atoms with Gasteiger partial charge in [0.1, 0.15) is 5.75 Å². The second-order valence-corrected chi connectivity index (χ2v) is 6.96. The van der Waals surface area contributed by atoms with Gasteiger partial charge in [-0.2, -0.15) is 0 Å². The highest BCUT2D eigenvalue weighted by molar-refractivity contribution is 5.90. The second kappa shape index (κ2) is 9.24. The van der Waals surface area contributed by atoms with Crippen molar-refractivity contribution in [2.45, 2.75) is 38.6 Å². The molecule has 0 fully saturated rings. The van der Waals surface area contributed by atoms with Gasteiger partial charge in [-0.05, 0) is 68.6 Å². The molecule has 1 aromatic heterocycles. The number of amides is 1. The molecule has 1 heterocycles. The molecule has 3 rings (SSSR count). The molecular weight excluding hydrogens is 338 g/mol. The number of carbonyl (C=O) groups is 1. The number of anilines is 1. The lowest BCUT2D eigenvalue weighted by Gasteiger charge is -2.13. The van der Waals surface area contributed by atoms with E-state index in [1.54, 1.807) is 12.1 Å². The number of para-hydroxylation sites is 1. The van der Waals surface area contributed by atoms with E-state index in [0.29, 0.717) is 18.2 Å². The molecule has 1 amide bonds. The minimum absolute atomic E-state index is 0.0620. The van der Waals surface area contributed by atoms with Crippen molar-refractivity contribution in [3.05, 3.63) is 60.3 Å². The van der Waals surface area contributed by atoms with Gasteiger partial charge in [0.25, 0.3) is 0 Å². The van der Waals surface area contributed by atoms with Crippen molar-refractivity contribution < 1.29 is 9.90 Å². The first kappa shape index (κ1) is 19.0. The number of fused-ring (bicyclic) bond motifs is 1. The monoisotopic (exact) mass is 365 g/mol. The Hall–Kier alpha value is -2.79. The fraction of sp³-hybridized carbons (Fsp3) is 0.318. The summed E-state index contributed by atoms with van der Waals surface area (Å²) in [4.78, 5) is 15.2. The van der Waals surface area contributed by atoms with Crippen LogP contribution in [-0.4, -0.2) is 28.6 Å². The van der Waals surface area contributed by atoms with Crippen molar-refractivity contribution >= 4 is 22.5 Å². The van der Waals surface area contributed by atoms with Crippen LogP contribution in [0.2, 0.25) is 0 Å². The predicted octanol–water partition coefficient (Wildman–Crippen LogP) is 4.20. The van der Waals surface area contributed by atoms with Crippen molar-refractivity contribution in [1.82, 2.24) is 10.3 Å². The minimum Gasteiger partial charge on any atom is -0.508 e. The minimum atomic E-state index is 0.0620. The second-order valence-electron chi connectivity index (χ2n) is 6.96. The molecule has 0 saturated heterocycles. The molecule has 1 unspecified atom stereocenters. The Morgan fingerprint density at radius 2 is 2.00 bits per heavy atom. The summed E-state index contributed by atoms with van der Waals surface area (Å²) in [5.41, 5.74) is 3.08. The van der Waals surface area contributed by atoms with Crippen LogP contribution in [0.1, 0.15) is 31.7 Å². The molecule has 0 aliphatic rings. The van der Waals surface area contributed by atoms with Crippen molar-refractivity contribution in [2.24, 2.45) is 0 Å². The third-order valence-electron chi connectivity index (χ3n) is 4.74. The smallest absolute Gasteiger partial charge is 0.224 e. The van der Waals surface area contributed by atoms with Crippen LogP contribution < -0.4 is 10.6 Å². The lowest BCUT2D eigenvalue weighted by Crippen LogP contribution is -2.28. The first-order valence-corrected chi connectivity index (χ1v) is 9.49. The SMILES string of the molecule is CC(CCCC(=O)Nc1ccccc1)NCCc1c[nH]c2ccc(O)cc12. The largest absolute Gasteiger partial charge is 0.508 e. The van der Waals surface area contributed by atoms with Crippen molar-refractivity contribution in [3.8, 4) is 5.75 Å². The zero-order valence-electron chi connectivity index (χ0n) is 15.7. The molecule has 0 radical (unpaired) electrons. The van der Waals surface area contributed by atoms with Crippen LogP contribution >= 0.6 is 0 Å². The fourth-order valence-electron chi connectivity index (χ4n) is 3.24. The van der Waals surface area contributed by atoms with Gasteiger partial charge in [0.15, 0.2) is 0 Å². The van der Waals surface area contributed by atoms with Gasteiger partial charge in [0.05, 0.1) is 0 Å². The molecule has 27 heavy (non-hydrogen) atoms. The zero-order chi connectivity index (χ0) is 19.1. The van der Waals surface area contributed by atoms with E-state index in [0.717, 1.165) is 42.4 Å². The van der Waals surface area contributed by atoms with Crippen molar-refractivity contribution in [2.75, 3.05) is 11.9 Å². The maximum Gasteiger partial charge on any atom is 0.224 e. The number of rotatable bonds is 9. The van der Waals surface area contributed by atoms with E-state index in [1.165, 1.54) is 5.56 Å². The van der Waals surface area contributed by atoms with Crippen LogP contribution in [0.5, 0.6) is 5.75 Å². The maximum absolute atomic E-state index is 12.0. The molecule has 0 aliphatic carbocycles. The molecule has 5 heteroatoms. The number of benzene rings is 2. The van der Waals surface area contributed by atoms with Crippen molar-refractivity contribution in [3.63, 3.8) is 0 Å². The Kier molecular flexibility index (Phi) is 6.49. The fourth-order valence-corrected chi connectivity index (χ4v) is 3.24. The summed E-state index contributed by atoms with van der Waals surface area (Å²) in [7, 11) is 0. The van der Waals surface area contributed by atoms with E-state index in [2.05, 4.69) is 22.5 Å². The standard InChI is InChI=1S/C22H27N3O2/c1-16(6-5-9-22(27)25-18-7-3-2-4-8-18)23-13-12-17-15-24-21-11-10-19(26)14-20(17)21/h2-4,7-8,10-11,14-16,23-24,26H,5-6,9,12-13H2,1H3,(H,25,27). The normalized spacial score (nSPS) is 12.2. The lowest BCUT2D eigenvalue weighted by atomic mass is 10.1. The molecule has 0 spiro atoms. The number of phenols is 1. The van der Waals surface area contributed by atoms with Gasteiger partial charge < -0.3 is 20.7 Å². The number of hydrogen-bond acceptors (Lipinski definition) is 3. The van der Waals surface area contributed by atoms with Gasteiger partial charge in [-0.15, -0.1) is 0 Å². The van der Waals surface area contributed by atoms with Gasteiger partial charge in [-0.1, -0.05) is 18.2 Å². The van der Waals surface area contributed by atoms with E-state index in [1.807, 2.05) is 42.6 Å². The molecular formula is C22H27N3O2. The molecule has 3 aromatic rings. The molecule has 4 N–H and O–H groups in total. The summed E-state index contributed by atoms with van der Waals surface area (Å²) in [6.07, 6.45) is 5.24. The Balaban J connectivity index is 1.35. The highest BCUT2D eigenvalue weighted by Crippen LogP contribution is 2.23. The molecule has 1 atom stereocenters. The molecule has 0 saturated carbocycles. The highest BCUT2D eigenvalue weighted by atomic mass is 16.3. The van der Waals surface area contributed by atoms with Crippen LogP contribution in [0.3, 0.4) is 0 Å². The lowest BCUT2D eigenvalue weighted by molar-refractivity contribution is -0.116. The van der Waals surface area contributed by atoms with Crippen LogP contribution in [0.25, 0.3) is 10.9 Å². The van der Waals surface area contributed by atoms with E-state index in [4.69, 9.17) is 0 Å². The van der Waals surface area contributed by atoms with Crippen molar-refractivity contribution in [1.29, 1.82) is 0 Å². The third-order valence-corrected chi connectivity index (χ3v) is 4.74. The van der Waals surface area contributed by atoms with Crippen LogP contribution in [-0.2, 0) is 11.2 Å². The summed E-state index contributed by atoms with van der Waals surface area (Å²) < 4.78 is 0.